The van der Waals surface area contributed by atoms with E-state index in [1.807, 2.05) is 0 Å². The summed E-state index contributed by atoms with van der Waals surface area (Å²) in [5.74, 6) is -2.32. The molecule has 0 aliphatic heterocycles. The highest BCUT2D eigenvalue weighted by Gasteiger charge is 2.23. The summed E-state index contributed by atoms with van der Waals surface area (Å²) in [4.78, 5) is -0.320. The number of nitrogens with two attached hydrogens (primary N) is 1. The van der Waals surface area contributed by atoms with Crippen molar-refractivity contribution in [1.29, 1.82) is 0 Å². The number of aliphatic hydroxyl groups is 1. The quantitative estimate of drug-likeness (QED) is 0.296. The molecule has 10 nitrogen and oxygen atoms in total. The number of benzene rings is 2. The molecule has 0 aliphatic rings. The number of hydrogen-bond acceptors (Lipinski definition) is 9. The number of nitrogens with one attached hydrogen (secondary N) is 1. The first-order valence-corrected chi connectivity index (χ1v) is 13.5. The fraction of sp³-hybridized carbons (Fsp3) is 0.294. The molecule has 0 aromatic heterocycles. The normalized spacial score (nSPS) is 12.6. The SMILES string of the molecule is Cc1ccc(Nc2ccc(N)cc2S(=O)(=O)CCS(=O)(=O)O)cc1S(=O)(=O)CCO. The molecule has 0 heterocycles. The molecule has 2 rings (SSSR count). The Hall–Kier alpha value is -2.19. The van der Waals surface area contributed by atoms with E-state index in [0.29, 0.717) is 5.56 Å². The first-order chi connectivity index (χ1) is 13.7. The highest BCUT2D eigenvalue weighted by molar-refractivity contribution is 7.93. The molecule has 0 saturated carbocycles. The predicted octanol–water partition coefficient (Wildman–Crippen LogP) is 0.748. The van der Waals surface area contributed by atoms with Crippen LogP contribution in [-0.4, -0.2) is 58.8 Å². The Morgan fingerprint density at radius 3 is 2.10 bits per heavy atom. The van der Waals surface area contributed by atoms with Crippen LogP contribution < -0.4 is 11.1 Å². The fourth-order valence-corrected chi connectivity index (χ4v) is 6.66. The number of anilines is 3. The summed E-state index contributed by atoms with van der Waals surface area (Å²) in [6, 6.07) is 8.29. The molecule has 0 fully saturated rings. The van der Waals surface area contributed by atoms with Gasteiger partial charge in [-0.3, -0.25) is 4.55 Å². The Balaban J connectivity index is 2.48. The van der Waals surface area contributed by atoms with E-state index in [1.54, 1.807) is 6.92 Å². The van der Waals surface area contributed by atoms with Gasteiger partial charge in [-0.05, 0) is 42.8 Å². The van der Waals surface area contributed by atoms with Gasteiger partial charge in [0.25, 0.3) is 10.1 Å². The minimum atomic E-state index is -4.50. The van der Waals surface area contributed by atoms with Crippen LogP contribution in [0.1, 0.15) is 5.56 Å². The van der Waals surface area contributed by atoms with Gasteiger partial charge in [0.2, 0.25) is 0 Å². The van der Waals surface area contributed by atoms with Crippen LogP contribution >= 0.6 is 0 Å². The average molecular weight is 479 g/mol. The smallest absolute Gasteiger partial charge is 0.265 e. The summed E-state index contributed by atoms with van der Waals surface area (Å²) in [6.45, 7) is 1.04. The van der Waals surface area contributed by atoms with Gasteiger partial charge in [-0.1, -0.05) is 6.07 Å². The van der Waals surface area contributed by atoms with Gasteiger partial charge in [0, 0.05) is 11.4 Å². The summed E-state index contributed by atoms with van der Waals surface area (Å²) in [7, 11) is -12.4. The largest absolute Gasteiger partial charge is 0.399 e. The maximum absolute atomic E-state index is 12.6. The Labute approximate surface area is 175 Å². The van der Waals surface area contributed by atoms with Crippen LogP contribution in [0.2, 0.25) is 0 Å². The third-order valence-electron chi connectivity index (χ3n) is 4.11. The van der Waals surface area contributed by atoms with Gasteiger partial charge in [-0.15, -0.1) is 0 Å². The van der Waals surface area contributed by atoms with Crippen molar-refractivity contribution in [2.24, 2.45) is 0 Å². The Morgan fingerprint density at radius 2 is 1.50 bits per heavy atom. The van der Waals surface area contributed by atoms with Crippen LogP contribution in [-0.2, 0) is 29.8 Å². The molecule has 0 radical (unpaired) electrons. The van der Waals surface area contributed by atoms with E-state index < -0.39 is 53.7 Å². The zero-order valence-corrected chi connectivity index (χ0v) is 18.4. The van der Waals surface area contributed by atoms with E-state index in [2.05, 4.69) is 5.32 Å². The Kier molecular flexibility index (Phi) is 7.14. The van der Waals surface area contributed by atoms with Gasteiger partial charge in [0.15, 0.2) is 19.7 Å². The Bertz CT molecular complexity index is 1250. The summed E-state index contributed by atoms with van der Waals surface area (Å²) in [5, 5.41) is 11.8. The molecule has 0 amide bonds. The number of aliphatic hydroxyl groups excluding tert-OH is 1. The van der Waals surface area contributed by atoms with E-state index in [9.17, 15) is 25.3 Å². The molecular weight excluding hydrogens is 456 g/mol. The number of sulfone groups is 2. The third kappa shape index (κ3) is 6.15. The molecule has 13 heteroatoms. The summed E-state index contributed by atoms with van der Waals surface area (Å²) in [6.07, 6.45) is 0. The first kappa shape index (κ1) is 24.1. The molecular formula is C17H22N2O8S3. The lowest BCUT2D eigenvalue weighted by Gasteiger charge is -2.15. The van der Waals surface area contributed by atoms with Gasteiger partial charge < -0.3 is 16.2 Å². The lowest BCUT2D eigenvalue weighted by atomic mass is 10.2. The van der Waals surface area contributed by atoms with E-state index in [1.165, 1.54) is 30.3 Å². The first-order valence-electron chi connectivity index (χ1n) is 8.54. The van der Waals surface area contributed by atoms with E-state index in [4.69, 9.17) is 15.4 Å². The number of aryl methyl sites for hydroxylation is 1. The molecule has 2 aromatic carbocycles. The fourth-order valence-electron chi connectivity index (χ4n) is 2.62. The van der Waals surface area contributed by atoms with E-state index in [0.717, 1.165) is 6.07 Å². The van der Waals surface area contributed by atoms with Crippen LogP contribution in [0.5, 0.6) is 0 Å². The van der Waals surface area contributed by atoms with Crippen molar-refractivity contribution in [3.63, 3.8) is 0 Å². The highest BCUT2D eigenvalue weighted by atomic mass is 32.2. The molecule has 0 bridgehead atoms. The van der Waals surface area contributed by atoms with Crippen molar-refractivity contribution in [2.75, 3.05) is 34.9 Å². The maximum Gasteiger partial charge on any atom is 0.265 e. The van der Waals surface area contributed by atoms with Gasteiger partial charge in [-0.25, -0.2) is 16.8 Å². The van der Waals surface area contributed by atoms with E-state index >= 15 is 0 Å². The van der Waals surface area contributed by atoms with Gasteiger partial charge >= 0.3 is 0 Å². The van der Waals surface area contributed by atoms with E-state index in [-0.39, 0.29) is 26.9 Å². The third-order valence-corrected chi connectivity index (χ3v) is 8.67. The second kappa shape index (κ2) is 8.89. The van der Waals surface area contributed by atoms with Crippen molar-refractivity contribution in [1.82, 2.24) is 0 Å². The van der Waals surface area contributed by atoms with Gasteiger partial charge in [-0.2, -0.15) is 8.42 Å². The van der Waals surface area contributed by atoms with Crippen LogP contribution in [0.4, 0.5) is 17.1 Å². The molecule has 0 aliphatic carbocycles. The van der Waals surface area contributed by atoms with Crippen molar-refractivity contribution in [3.8, 4) is 0 Å². The number of nitrogen functional groups attached to an aromatic ring is 1. The zero-order chi connectivity index (χ0) is 22.7. The lowest BCUT2D eigenvalue weighted by molar-refractivity contribution is 0.319. The van der Waals surface area contributed by atoms with Crippen LogP contribution in [0.3, 0.4) is 0 Å². The molecule has 30 heavy (non-hydrogen) atoms. The minimum Gasteiger partial charge on any atom is -0.399 e. The highest BCUT2D eigenvalue weighted by Crippen LogP contribution is 2.30. The predicted molar refractivity (Wildman–Crippen MR) is 113 cm³/mol. The summed E-state index contributed by atoms with van der Waals surface area (Å²) < 4.78 is 80.6. The molecule has 0 saturated heterocycles. The van der Waals surface area contributed by atoms with Crippen molar-refractivity contribution in [3.05, 3.63) is 42.0 Å². The maximum atomic E-state index is 12.6. The lowest BCUT2D eigenvalue weighted by Crippen LogP contribution is -2.18. The summed E-state index contributed by atoms with van der Waals surface area (Å²) >= 11 is 0. The van der Waals surface area contributed by atoms with Crippen molar-refractivity contribution < 1.29 is 34.9 Å². The monoisotopic (exact) mass is 478 g/mol. The topological polar surface area (TPSA) is 181 Å². The number of rotatable bonds is 9. The zero-order valence-electron chi connectivity index (χ0n) is 15.9. The van der Waals surface area contributed by atoms with Gasteiger partial charge in [0.05, 0.1) is 39.3 Å². The van der Waals surface area contributed by atoms with Crippen molar-refractivity contribution >= 4 is 46.9 Å². The molecule has 0 spiro atoms. The molecule has 5 N–H and O–H groups in total. The minimum absolute atomic E-state index is 0.0206. The summed E-state index contributed by atoms with van der Waals surface area (Å²) in [5.41, 5.74) is 6.54. The van der Waals surface area contributed by atoms with Crippen LogP contribution in [0.25, 0.3) is 0 Å². The molecule has 0 atom stereocenters. The number of hydrogen-bond donors (Lipinski definition) is 4. The van der Waals surface area contributed by atoms with Gasteiger partial charge in [0.1, 0.15) is 0 Å². The Morgan fingerprint density at radius 1 is 0.867 bits per heavy atom. The molecule has 2 aromatic rings. The molecule has 0 unspecified atom stereocenters. The average Bonchev–Trinajstić information content (AvgIpc) is 2.62. The molecule has 166 valence electrons. The van der Waals surface area contributed by atoms with Crippen LogP contribution in [0, 0.1) is 6.92 Å². The second-order valence-electron chi connectivity index (χ2n) is 6.51. The van der Waals surface area contributed by atoms with Crippen LogP contribution in [0.15, 0.2) is 46.2 Å². The second-order valence-corrected chi connectivity index (χ2v) is 12.2. The standard InChI is InChI=1S/C17H22N2O8S3/c1-12-2-4-14(11-16(12)28(21,22)7-6-20)19-15-5-3-13(18)10-17(15)29(23,24)8-9-30(25,26)27/h2-5,10-11,19-20H,6-9,18H2,1H3,(H,25,26,27). The van der Waals surface area contributed by atoms with Crippen molar-refractivity contribution in [2.45, 2.75) is 16.7 Å².